The minimum absolute atomic E-state index is 0. The summed E-state index contributed by atoms with van der Waals surface area (Å²) in [5.74, 6) is 1.70. The number of hydrogen-bond donors (Lipinski definition) is 1. The van der Waals surface area contributed by atoms with Gasteiger partial charge >= 0.3 is 0 Å². The maximum atomic E-state index is 6.03. The van der Waals surface area contributed by atoms with Crippen molar-refractivity contribution >= 4 is 29.9 Å². The lowest BCUT2D eigenvalue weighted by Crippen LogP contribution is -2.52. The largest absolute Gasteiger partial charge is 0.474 e. The maximum Gasteiger partial charge on any atom is 0.213 e. The van der Waals surface area contributed by atoms with E-state index in [2.05, 4.69) is 38.2 Å². The summed E-state index contributed by atoms with van der Waals surface area (Å²) in [6.07, 6.45) is 9.99. The highest BCUT2D eigenvalue weighted by Crippen LogP contribution is 2.22. The van der Waals surface area contributed by atoms with E-state index >= 15 is 0 Å². The van der Waals surface area contributed by atoms with Crippen LogP contribution in [0.5, 0.6) is 5.88 Å². The number of nitrogens with zero attached hydrogens (tertiary/aromatic N) is 5. The number of guanidine groups is 1. The van der Waals surface area contributed by atoms with Gasteiger partial charge in [0.15, 0.2) is 5.96 Å². The molecule has 0 radical (unpaired) electrons. The molecule has 2 fully saturated rings. The molecule has 0 unspecified atom stereocenters. The molecule has 1 N–H and O–H groups in total. The number of halogens is 1. The highest BCUT2D eigenvalue weighted by atomic mass is 127. The van der Waals surface area contributed by atoms with Crippen molar-refractivity contribution in [1.29, 1.82) is 0 Å². The molecule has 0 atom stereocenters. The maximum absolute atomic E-state index is 6.03. The standard InChI is InChI=1S/C23H34N6O2.HI/c1-2-24-23(29-13-11-28(12-14-29)18-20-10-15-30-27-20)26-17-19-8-9-22(25-16-19)31-21-6-4-3-5-7-21;/h8-10,15-16,21H,2-7,11-14,17-18H2,1H3,(H,24,26);1H. The fraction of sp³-hybridized carbons (Fsp3) is 0.609. The van der Waals surface area contributed by atoms with Gasteiger partial charge in [0.25, 0.3) is 0 Å². The molecule has 1 aliphatic carbocycles. The van der Waals surface area contributed by atoms with E-state index in [0.29, 0.717) is 12.6 Å². The summed E-state index contributed by atoms with van der Waals surface area (Å²) in [6.45, 7) is 8.24. The number of nitrogens with one attached hydrogen (secondary N) is 1. The van der Waals surface area contributed by atoms with E-state index in [4.69, 9.17) is 14.3 Å². The summed E-state index contributed by atoms with van der Waals surface area (Å²) >= 11 is 0. The van der Waals surface area contributed by atoms with Crippen molar-refractivity contribution in [3.8, 4) is 5.88 Å². The molecule has 32 heavy (non-hydrogen) atoms. The average molecular weight is 554 g/mol. The first kappa shape index (κ1) is 24.8. The Morgan fingerprint density at radius 1 is 1.16 bits per heavy atom. The van der Waals surface area contributed by atoms with Crippen molar-refractivity contribution < 1.29 is 9.26 Å². The first-order chi connectivity index (χ1) is 15.3. The third-order valence-electron chi connectivity index (χ3n) is 5.93. The van der Waals surface area contributed by atoms with Crippen molar-refractivity contribution in [1.82, 2.24) is 25.3 Å². The Balaban J connectivity index is 0.00000289. The van der Waals surface area contributed by atoms with Gasteiger partial charge in [-0.2, -0.15) is 0 Å². The Bertz CT molecular complexity index is 800. The van der Waals surface area contributed by atoms with Gasteiger partial charge in [-0.15, -0.1) is 24.0 Å². The molecule has 2 aromatic heterocycles. The summed E-state index contributed by atoms with van der Waals surface area (Å²) in [4.78, 5) is 14.1. The molecule has 0 spiro atoms. The molecule has 2 aromatic rings. The van der Waals surface area contributed by atoms with Gasteiger partial charge < -0.3 is 19.5 Å². The van der Waals surface area contributed by atoms with E-state index in [0.717, 1.165) is 75.2 Å². The molecule has 0 bridgehead atoms. The van der Waals surface area contributed by atoms with Gasteiger partial charge in [0, 0.05) is 57.6 Å². The lowest BCUT2D eigenvalue weighted by Gasteiger charge is -2.36. The van der Waals surface area contributed by atoms with E-state index in [9.17, 15) is 0 Å². The number of piperazine rings is 1. The van der Waals surface area contributed by atoms with Gasteiger partial charge in [0.1, 0.15) is 12.4 Å². The Morgan fingerprint density at radius 2 is 1.97 bits per heavy atom. The Labute approximate surface area is 207 Å². The van der Waals surface area contributed by atoms with Crippen molar-refractivity contribution in [3.05, 3.63) is 41.9 Å². The number of aromatic nitrogens is 2. The van der Waals surface area contributed by atoms with Crippen molar-refractivity contribution in [2.45, 2.75) is 58.2 Å². The zero-order chi connectivity index (χ0) is 21.3. The molecule has 4 rings (SSSR count). The first-order valence-corrected chi connectivity index (χ1v) is 11.6. The minimum Gasteiger partial charge on any atom is -0.474 e. The second-order valence-corrected chi connectivity index (χ2v) is 8.31. The predicted octanol–water partition coefficient (Wildman–Crippen LogP) is 3.68. The molecular weight excluding hydrogens is 519 g/mol. The van der Waals surface area contributed by atoms with Crippen LogP contribution in [-0.4, -0.2) is 64.7 Å². The van der Waals surface area contributed by atoms with Crippen LogP contribution in [0.25, 0.3) is 0 Å². The molecule has 176 valence electrons. The molecule has 8 nitrogen and oxygen atoms in total. The van der Waals surface area contributed by atoms with Crippen LogP contribution in [0.15, 0.2) is 40.2 Å². The molecule has 9 heteroatoms. The van der Waals surface area contributed by atoms with Crippen LogP contribution in [0, 0.1) is 0 Å². The number of ether oxygens (including phenoxy) is 1. The average Bonchev–Trinajstić information content (AvgIpc) is 3.32. The molecule has 1 saturated carbocycles. The lowest BCUT2D eigenvalue weighted by atomic mass is 9.98. The summed E-state index contributed by atoms with van der Waals surface area (Å²) < 4.78 is 11.0. The highest BCUT2D eigenvalue weighted by molar-refractivity contribution is 14.0. The van der Waals surface area contributed by atoms with Gasteiger partial charge in [0.05, 0.1) is 12.2 Å². The normalized spacial score (nSPS) is 18.3. The first-order valence-electron chi connectivity index (χ1n) is 11.6. The van der Waals surface area contributed by atoms with Gasteiger partial charge in [-0.05, 0) is 38.2 Å². The van der Waals surface area contributed by atoms with Gasteiger partial charge in [0.2, 0.25) is 5.88 Å². The summed E-state index contributed by atoms with van der Waals surface area (Å²) in [6, 6.07) is 5.99. The van der Waals surface area contributed by atoms with Gasteiger partial charge in [-0.3, -0.25) is 4.90 Å². The Hall–Kier alpha value is -1.88. The van der Waals surface area contributed by atoms with Crippen molar-refractivity contribution in [2.24, 2.45) is 4.99 Å². The number of pyridine rings is 1. The van der Waals surface area contributed by atoms with E-state index in [1.54, 1.807) is 6.26 Å². The number of hydrogen-bond acceptors (Lipinski definition) is 6. The van der Waals surface area contributed by atoms with E-state index in [1.165, 1.54) is 19.3 Å². The van der Waals surface area contributed by atoms with E-state index in [-0.39, 0.29) is 24.0 Å². The SMILES string of the molecule is CCNC(=NCc1ccc(OC2CCCCC2)nc1)N1CCN(Cc2ccon2)CC1.I. The van der Waals surface area contributed by atoms with E-state index in [1.807, 2.05) is 18.3 Å². The molecule has 0 amide bonds. The highest BCUT2D eigenvalue weighted by Gasteiger charge is 2.20. The van der Waals surface area contributed by atoms with Crippen LogP contribution in [0.2, 0.25) is 0 Å². The predicted molar refractivity (Wildman–Crippen MR) is 135 cm³/mol. The Morgan fingerprint density at radius 3 is 2.62 bits per heavy atom. The molecule has 3 heterocycles. The van der Waals surface area contributed by atoms with Crippen LogP contribution in [0.4, 0.5) is 0 Å². The zero-order valence-electron chi connectivity index (χ0n) is 18.9. The third kappa shape index (κ3) is 7.33. The molecule has 1 aliphatic heterocycles. The van der Waals surface area contributed by atoms with Crippen molar-refractivity contribution in [2.75, 3.05) is 32.7 Å². The van der Waals surface area contributed by atoms with Crippen LogP contribution in [0.1, 0.15) is 50.3 Å². The fourth-order valence-electron chi connectivity index (χ4n) is 4.19. The second kappa shape index (κ2) is 13.0. The number of rotatable bonds is 7. The number of aliphatic imine (C=N–C) groups is 1. The molecule has 1 saturated heterocycles. The second-order valence-electron chi connectivity index (χ2n) is 8.31. The van der Waals surface area contributed by atoms with Crippen molar-refractivity contribution in [3.63, 3.8) is 0 Å². The lowest BCUT2D eigenvalue weighted by molar-refractivity contribution is 0.148. The smallest absolute Gasteiger partial charge is 0.213 e. The minimum atomic E-state index is 0. The monoisotopic (exact) mass is 554 g/mol. The van der Waals surface area contributed by atoms with Crippen LogP contribution < -0.4 is 10.1 Å². The van der Waals surface area contributed by atoms with E-state index < -0.39 is 0 Å². The topological polar surface area (TPSA) is 79.0 Å². The fourth-order valence-corrected chi connectivity index (χ4v) is 4.19. The summed E-state index contributed by atoms with van der Waals surface area (Å²) in [5.41, 5.74) is 2.08. The quantitative estimate of drug-likeness (QED) is 0.318. The van der Waals surface area contributed by atoms with Crippen LogP contribution in [0.3, 0.4) is 0 Å². The summed E-state index contributed by atoms with van der Waals surface area (Å²) in [5, 5.41) is 7.45. The zero-order valence-corrected chi connectivity index (χ0v) is 21.2. The summed E-state index contributed by atoms with van der Waals surface area (Å²) in [7, 11) is 0. The molecular formula is C23H35IN6O2. The van der Waals surface area contributed by atoms with Crippen LogP contribution in [-0.2, 0) is 13.1 Å². The van der Waals surface area contributed by atoms with Gasteiger partial charge in [-0.1, -0.05) is 17.6 Å². The molecule has 0 aromatic carbocycles. The van der Waals surface area contributed by atoms with Crippen LogP contribution >= 0.6 is 24.0 Å². The van der Waals surface area contributed by atoms with Gasteiger partial charge in [-0.25, -0.2) is 9.98 Å². The Kier molecular flexibility index (Phi) is 10.0. The third-order valence-corrected chi connectivity index (χ3v) is 5.93. The molecule has 2 aliphatic rings.